The molecule has 0 radical (unpaired) electrons. The third-order valence-corrected chi connectivity index (χ3v) is 3.63. The molecule has 2 unspecified atom stereocenters. The molecule has 2 atom stereocenters. The number of rotatable bonds is 7. The van der Waals surface area contributed by atoms with Crippen LogP contribution in [0.2, 0.25) is 0 Å². The van der Waals surface area contributed by atoms with Crippen LogP contribution in [0.4, 0.5) is 5.69 Å². The van der Waals surface area contributed by atoms with E-state index < -0.39 is 0 Å². The minimum atomic E-state index is 0.0751. The fraction of sp³-hybridized carbons (Fsp3) is 0.562. The summed E-state index contributed by atoms with van der Waals surface area (Å²) < 4.78 is 5.30. The Labute approximate surface area is 122 Å². The van der Waals surface area contributed by atoms with Gasteiger partial charge in [-0.15, -0.1) is 0 Å². The first-order valence-corrected chi connectivity index (χ1v) is 7.22. The molecule has 112 valence electrons. The van der Waals surface area contributed by atoms with Crippen LogP contribution in [0.25, 0.3) is 0 Å². The summed E-state index contributed by atoms with van der Waals surface area (Å²) in [6.07, 6.45) is 0.108. The van der Waals surface area contributed by atoms with Gasteiger partial charge in [-0.3, -0.25) is 4.79 Å². The number of amides is 1. The Morgan fingerprint density at radius 2 is 1.95 bits per heavy atom. The Hall–Kier alpha value is -1.55. The smallest absolute Gasteiger partial charge is 0.253 e. The van der Waals surface area contributed by atoms with E-state index in [1.165, 1.54) is 0 Å². The summed E-state index contributed by atoms with van der Waals surface area (Å²) in [6, 6.07) is 7.82. The molecule has 0 saturated carbocycles. The van der Waals surface area contributed by atoms with E-state index in [2.05, 4.69) is 12.2 Å². The lowest BCUT2D eigenvalue weighted by Crippen LogP contribution is -2.31. The van der Waals surface area contributed by atoms with Crippen molar-refractivity contribution >= 4 is 11.6 Å². The fourth-order valence-electron chi connectivity index (χ4n) is 2.02. The van der Waals surface area contributed by atoms with E-state index in [9.17, 15) is 4.79 Å². The third kappa shape index (κ3) is 4.23. The van der Waals surface area contributed by atoms with Crippen LogP contribution in [-0.2, 0) is 4.74 Å². The maximum absolute atomic E-state index is 12.3. The van der Waals surface area contributed by atoms with Crippen LogP contribution in [0.1, 0.15) is 38.1 Å². The molecule has 0 heterocycles. The summed E-state index contributed by atoms with van der Waals surface area (Å²) in [5, 5.41) is 3.37. The second-order valence-electron chi connectivity index (χ2n) is 4.93. The van der Waals surface area contributed by atoms with Gasteiger partial charge in [-0.05, 0) is 45.9 Å². The van der Waals surface area contributed by atoms with Crippen molar-refractivity contribution in [1.82, 2.24) is 4.90 Å². The highest BCUT2D eigenvalue weighted by Gasteiger charge is 2.14. The van der Waals surface area contributed by atoms with Crippen molar-refractivity contribution in [2.24, 2.45) is 0 Å². The SMILES string of the molecule is CCN(CC)C(=O)c1cccc(NC(C)C(C)OC)c1. The molecule has 0 saturated heterocycles. The van der Waals surface area contributed by atoms with Crippen molar-refractivity contribution in [3.05, 3.63) is 29.8 Å². The number of carbonyl (C=O) groups is 1. The number of carbonyl (C=O) groups excluding carboxylic acids is 1. The predicted molar refractivity (Wildman–Crippen MR) is 83.2 cm³/mol. The summed E-state index contributed by atoms with van der Waals surface area (Å²) in [6.45, 7) is 9.52. The Morgan fingerprint density at radius 3 is 2.50 bits per heavy atom. The summed E-state index contributed by atoms with van der Waals surface area (Å²) in [5.41, 5.74) is 1.66. The molecule has 1 aromatic carbocycles. The quantitative estimate of drug-likeness (QED) is 0.833. The van der Waals surface area contributed by atoms with Gasteiger partial charge in [0.2, 0.25) is 0 Å². The van der Waals surface area contributed by atoms with Crippen LogP contribution in [0.15, 0.2) is 24.3 Å². The molecule has 1 aromatic rings. The molecule has 0 spiro atoms. The van der Waals surface area contributed by atoms with Crippen molar-refractivity contribution in [3.63, 3.8) is 0 Å². The lowest BCUT2D eigenvalue weighted by Gasteiger charge is -2.22. The number of anilines is 1. The van der Waals surface area contributed by atoms with Crippen LogP contribution < -0.4 is 5.32 Å². The number of nitrogens with one attached hydrogen (secondary N) is 1. The van der Waals surface area contributed by atoms with Crippen molar-refractivity contribution in [2.45, 2.75) is 39.8 Å². The highest BCUT2D eigenvalue weighted by molar-refractivity contribution is 5.95. The molecule has 1 rings (SSSR count). The molecule has 4 heteroatoms. The topological polar surface area (TPSA) is 41.6 Å². The standard InChI is InChI=1S/C16H26N2O2/c1-6-18(7-2)16(19)14-9-8-10-15(11-14)17-12(3)13(4)20-5/h8-13,17H,6-7H2,1-5H3. The first kappa shape index (κ1) is 16.5. The Kier molecular flexibility index (Phi) is 6.52. The van der Waals surface area contributed by atoms with E-state index in [1.807, 2.05) is 49.9 Å². The van der Waals surface area contributed by atoms with Crippen LogP contribution in [-0.4, -0.2) is 43.2 Å². The maximum Gasteiger partial charge on any atom is 0.253 e. The van der Waals surface area contributed by atoms with Gasteiger partial charge in [0.15, 0.2) is 0 Å². The monoisotopic (exact) mass is 278 g/mol. The second-order valence-corrected chi connectivity index (χ2v) is 4.93. The minimum Gasteiger partial charge on any atom is -0.380 e. The van der Waals surface area contributed by atoms with Gasteiger partial charge in [0.05, 0.1) is 6.10 Å². The number of ether oxygens (including phenoxy) is 1. The van der Waals surface area contributed by atoms with Gasteiger partial charge in [0.1, 0.15) is 0 Å². The van der Waals surface area contributed by atoms with Gasteiger partial charge in [-0.2, -0.15) is 0 Å². The Bertz CT molecular complexity index is 430. The molecule has 1 N–H and O–H groups in total. The highest BCUT2D eigenvalue weighted by atomic mass is 16.5. The number of hydrogen-bond acceptors (Lipinski definition) is 3. The zero-order valence-corrected chi connectivity index (χ0v) is 13.1. The molecule has 0 fully saturated rings. The summed E-state index contributed by atoms with van der Waals surface area (Å²) >= 11 is 0. The lowest BCUT2D eigenvalue weighted by molar-refractivity contribution is 0.0773. The van der Waals surface area contributed by atoms with E-state index in [0.29, 0.717) is 0 Å². The van der Waals surface area contributed by atoms with Gasteiger partial charge in [0.25, 0.3) is 5.91 Å². The molecular formula is C16H26N2O2. The van der Waals surface area contributed by atoms with Crippen molar-refractivity contribution in [2.75, 3.05) is 25.5 Å². The van der Waals surface area contributed by atoms with Crippen LogP contribution in [0.5, 0.6) is 0 Å². The molecule has 0 bridgehead atoms. The molecule has 4 nitrogen and oxygen atoms in total. The summed E-state index contributed by atoms with van der Waals surface area (Å²) in [4.78, 5) is 14.1. The zero-order valence-electron chi connectivity index (χ0n) is 13.1. The van der Waals surface area contributed by atoms with Crippen molar-refractivity contribution in [3.8, 4) is 0 Å². The van der Waals surface area contributed by atoms with E-state index in [-0.39, 0.29) is 18.1 Å². The number of hydrogen-bond donors (Lipinski definition) is 1. The molecule has 20 heavy (non-hydrogen) atoms. The first-order chi connectivity index (χ1) is 9.53. The van der Waals surface area contributed by atoms with Crippen molar-refractivity contribution < 1.29 is 9.53 Å². The molecule has 0 aromatic heterocycles. The number of benzene rings is 1. The summed E-state index contributed by atoms with van der Waals surface area (Å²) in [5.74, 6) is 0.0751. The first-order valence-electron chi connectivity index (χ1n) is 7.22. The van der Waals surface area contributed by atoms with Gasteiger partial charge in [0, 0.05) is 37.5 Å². The van der Waals surface area contributed by atoms with E-state index in [1.54, 1.807) is 7.11 Å². The van der Waals surface area contributed by atoms with Gasteiger partial charge < -0.3 is 15.0 Å². The predicted octanol–water partition coefficient (Wildman–Crippen LogP) is 3.00. The summed E-state index contributed by atoms with van der Waals surface area (Å²) in [7, 11) is 1.70. The average Bonchev–Trinajstić information content (AvgIpc) is 2.47. The molecule has 0 aliphatic heterocycles. The van der Waals surface area contributed by atoms with E-state index in [4.69, 9.17) is 4.74 Å². The maximum atomic E-state index is 12.3. The normalized spacial score (nSPS) is 13.7. The number of methoxy groups -OCH3 is 1. The molecule has 1 amide bonds. The molecule has 0 aliphatic carbocycles. The van der Waals surface area contributed by atoms with Crippen molar-refractivity contribution in [1.29, 1.82) is 0 Å². The Morgan fingerprint density at radius 1 is 1.30 bits per heavy atom. The van der Waals surface area contributed by atoms with E-state index in [0.717, 1.165) is 24.3 Å². The van der Waals surface area contributed by atoms with Gasteiger partial charge in [-0.1, -0.05) is 6.07 Å². The lowest BCUT2D eigenvalue weighted by atomic mass is 10.1. The molecule has 0 aliphatic rings. The van der Waals surface area contributed by atoms with Crippen LogP contribution in [0, 0.1) is 0 Å². The average molecular weight is 278 g/mol. The second kappa shape index (κ2) is 7.90. The zero-order chi connectivity index (χ0) is 15.1. The van der Waals surface area contributed by atoms with Crippen LogP contribution in [0.3, 0.4) is 0 Å². The van der Waals surface area contributed by atoms with Gasteiger partial charge >= 0.3 is 0 Å². The largest absolute Gasteiger partial charge is 0.380 e. The highest BCUT2D eigenvalue weighted by Crippen LogP contribution is 2.15. The minimum absolute atomic E-state index is 0.0751. The Balaban J connectivity index is 2.83. The van der Waals surface area contributed by atoms with Gasteiger partial charge in [-0.25, -0.2) is 0 Å². The van der Waals surface area contributed by atoms with E-state index >= 15 is 0 Å². The molecular weight excluding hydrogens is 252 g/mol. The van der Waals surface area contributed by atoms with Crippen LogP contribution >= 0.6 is 0 Å². The third-order valence-electron chi connectivity index (χ3n) is 3.63. The number of nitrogens with zero attached hydrogens (tertiary/aromatic N) is 1. The fourth-order valence-corrected chi connectivity index (χ4v) is 2.02.